The summed E-state index contributed by atoms with van der Waals surface area (Å²) in [6.07, 6.45) is 0. The molecule has 1 aromatic rings. The molecule has 17 heavy (non-hydrogen) atoms. The zero-order valence-corrected chi connectivity index (χ0v) is 11.7. The minimum absolute atomic E-state index is 0.0188. The number of nitrogens with two attached hydrogens (primary N) is 1. The van der Waals surface area contributed by atoms with Crippen LogP contribution in [-0.4, -0.2) is 17.9 Å². The highest BCUT2D eigenvalue weighted by molar-refractivity contribution is 9.10. The van der Waals surface area contributed by atoms with Gasteiger partial charge in [-0.1, -0.05) is 0 Å². The summed E-state index contributed by atoms with van der Waals surface area (Å²) in [5.41, 5.74) is 5.62. The maximum Gasteiger partial charge on any atom is 0.176 e. The van der Waals surface area contributed by atoms with Gasteiger partial charge in [0.2, 0.25) is 0 Å². The molecular weight excluding hydrogens is 287 g/mol. The van der Waals surface area contributed by atoms with Crippen molar-refractivity contribution >= 4 is 27.4 Å². The maximum atomic E-state index is 13.3. The second-order valence-electron chi connectivity index (χ2n) is 4.88. The summed E-state index contributed by atoms with van der Waals surface area (Å²) >= 11 is 3.12. The Morgan fingerprint density at radius 1 is 1.47 bits per heavy atom. The van der Waals surface area contributed by atoms with Gasteiger partial charge in [0.1, 0.15) is 5.82 Å². The second kappa shape index (κ2) is 5.14. The van der Waals surface area contributed by atoms with E-state index in [1.807, 2.05) is 20.8 Å². The third kappa shape index (κ3) is 4.09. The predicted molar refractivity (Wildman–Crippen MR) is 70.6 cm³/mol. The standard InChI is InChI=1S/C12H16BrFN2O/c1-12(2,3)16-6-10(17)7-4-8(13)11(15)9(14)5-7/h4-5,16H,6,15H2,1-3H3. The zero-order valence-electron chi connectivity index (χ0n) is 10.1. The first-order valence-electron chi connectivity index (χ1n) is 5.23. The number of anilines is 1. The molecule has 1 rings (SSSR count). The highest BCUT2D eigenvalue weighted by atomic mass is 79.9. The highest BCUT2D eigenvalue weighted by Crippen LogP contribution is 2.24. The van der Waals surface area contributed by atoms with Crippen molar-refractivity contribution in [3.05, 3.63) is 28.0 Å². The van der Waals surface area contributed by atoms with Crippen LogP contribution in [0.5, 0.6) is 0 Å². The maximum absolute atomic E-state index is 13.3. The van der Waals surface area contributed by atoms with Crippen LogP contribution >= 0.6 is 15.9 Å². The summed E-state index contributed by atoms with van der Waals surface area (Å²) in [7, 11) is 0. The second-order valence-corrected chi connectivity index (χ2v) is 5.73. The van der Waals surface area contributed by atoms with Crippen molar-refractivity contribution in [2.45, 2.75) is 26.3 Å². The van der Waals surface area contributed by atoms with Crippen LogP contribution in [0, 0.1) is 5.82 Å². The van der Waals surface area contributed by atoms with Crippen LogP contribution in [0.3, 0.4) is 0 Å². The van der Waals surface area contributed by atoms with Gasteiger partial charge in [-0.25, -0.2) is 4.39 Å². The molecule has 94 valence electrons. The molecule has 0 radical (unpaired) electrons. The van der Waals surface area contributed by atoms with E-state index in [0.717, 1.165) is 6.07 Å². The molecule has 0 aromatic heterocycles. The summed E-state index contributed by atoms with van der Waals surface area (Å²) in [6.45, 7) is 6.04. The first-order chi connectivity index (χ1) is 7.70. The van der Waals surface area contributed by atoms with Crippen molar-refractivity contribution in [2.75, 3.05) is 12.3 Å². The van der Waals surface area contributed by atoms with Gasteiger partial charge in [-0.05, 0) is 48.8 Å². The molecule has 0 aliphatic carbocycles. The van der Waals surface area contributed by atoms with Crippen molar-refractivity contribution in [3.63, 3.8) is 0 Å². The quantitative estimate of drug-likeness (QED) is 0.667. The van der Waals surface area contributed by atoms with Gasteiger partial charge >= 0.3 is 0 Å². The Balaban J connectivity index is 2.84. The van der Waals surface area contributed by atoms with Crippen LogP contribution < -0.4 is 11.1 Å². The molecule has 3 N–H and O–H groups in total. The Hall–Kier alpha value is -0.940. The number of carbonyl (C=O) groups is 1. The zero-order chi connectivity index (χ0) is 13.2. The molecule has 0 atom stereocenters. The molecule has 0 amide bonds. The van der Waals surface area contributed by atoms with Crippen molar-refractivity contribution in [1.82, 2.24) is 5.32 Å². The normalized spacial score (nSPS) is 11.6. The third-order valence-corrected chi connectivity index (χ3v) is 2.84. The van der Waals surface area contributed by atoms with E-state index < -0.39 is 5.82 Å². The number of rotatable bonds is 3. The van der Waals surface area contributed by atoms with Crippen LogP contribution in [0.2, 0.25) is 0 Å². The minimum atomic E-state index is -0.585. The van der Waals surface area contributed by atoms with Gasteiger partial charge in [0.05, 0.1) is 12.2 Å². The van der Waals surface area contributed by atoms with Crippen molar-refractivity contribution in [1.29, 1.82) is 0 Å². The topological polar surface area (TPSA) is 55.1 Å². The van der Waals surface area contributed by atoms with Gasteiger partial charge in [0.25, 0.3) is 0 Å². The smallest absolute Gasteiger partial charge is 0.176 e. The molecule has 5 heteroatoms. The molecule has 0 spiro atoms. The molecule has 0 aliphatic rings. The van der Waals surface area contributed by atoms with E-state index in [0.29, 0.717) is 10.0 Å². The van der Waals surface area contributed by atoms with E-state index in [4.69, 9.17) is 5.73 Å². The summed E-state index contributed by atoms with van der Waals surface area (Å²) in [5, 5.41) is 3.06. The molecule has 1 aromatic carbocycles. The average molecular weight is 303 g/mol. The number of benzene rings is 1. The number of hydrogen-bond donors (Lipinski definition) is 2. The molecular formula is C12H16BrFN2O. The summed E-state index contributed by atoms with van der Waals surface area (Å²) in [5.74, 6) is -0.752. The summed E-state index contributed by atoms with van der Waals surface area (Å²) in [6, 6.07) is 2.69. The molecule has 0 fully saturated rings. The van der Waals surface area contributed by atoms with Crippen LogP contribution in [0.25, 0.3) is 0 Å². The molecule has 3 nitrogen and oxygen atoms in total. The van der Waals surface area contributed by atoms with Gasteiger partial charge in [-0.2, -0.15) is 0 Å². The third-order valence-electron chi connectivity index (χ3n) is 2.18. The van der Waals surface area contributed by atoms with E-state index in [9.17, 15) is 9.18 Å². The van der Waals surface area contributed by atoms with Crippen molar-refractivity contribution in [2.24, 2.45) is 0 Å². The Kier molecular flexibility index (Phi) is 4.27. The van der Waals surface area contributed by atoms with E-state index in [2.05, 4.69) is 21.2 Å². The molecule has 0 heterocycles. The minimum Gasteiger partial charge on any atom is -0.395 e. The van der Waals surface area contributed by atoms with Crippen LogP contribution in [0.1, 0.15) is 31.1 Å². The SMILES string of the molecule is CC(C)(C)NCC(=O)c1cc(F)c(N)c(Br)c1. The Morgan fingerprint density at radius 3 is 2.53 bits per heavy atom. The highest BCUT2D eigenvalue weighted by Gasteiger charge is 2.15. The summed E-state index contributed by atoms with van der Waals surface area (Å²) in [4.78, 5) is 11.8. The predicted octanol–water partition coefficient (Wildman–Crippen LogP) is 2.74. The number of halogens is 2. The van der Waals surface area contributed by atoms with Crippen LogP contribution in [0.15, 0.2) is 16.6 Å². The first kappa shape index (κ1) is 14.1. The lowest BCUT2D eigenvalue weighted by molar-refractivity contribution is 0.0981. The van der Waals surface area contributed by atoms with Crippen LogP contribution in [0.4, 0.5) is 10.1 Å². The first-order valence-corrected chi connectivity index (χ1v) is 6.03. The fraction of sp³-hybridized carbons (Fsp3) is 0.417. The van der Waals surface area contributed by atoms with E-state index in [1.54, 1.807) is 0 Å². The van der Waals surface area contributed by atoms with Crippen LogP contribution in [-0.2, 0) is 0 Å². The van der Waals surface area contributed by atoms with Gasteiger partial charge in [-0.3, -0.25) is 4.79 Å². The summed E-state index contributed by atoms with van der Waals surface area (Å²) < 4.78 is 13.7. The number of carbonyl (C=O) groups excluding carboxylic acids is 1. The van der Waals surface area contributed by atoms with Gasteiger partial charge in [-0.15, -0.1) is 0 Å². The fourth-order valence-electron chi connectivity index (χ4n) is 1.19. The van der Waals surface area contributed by atoms with E-state index in [1.165, 1.54) is 6.07 Å². The Morgan fingerprint density at radius 2 is 2.06 bits per heavy atom. The monoisotopic (exact) mass is 302 g/mol. The molecule has 0 aliphatic heterocycles. The Bertz CT molecular complexity index is 418. The lowest BCUT2D eigenvalue weighted by Gasteiger charge is -2.19. The van der Waals surface area contributed by atoms with Crippen molar-refractivity contribution < 1.29 is 9.18 Å². The van der Waals surface area contributed by atoms with Gasteiger partial charge in [0, 0.05) is 15.6 Å². The lowest BCUT2D eigenvalue weighted by atomic mass is 10.1. The van der Waals surface area contributed by atoms with E-state index >= 15 is 0 Å². The molecule has 0 bridgehead atoms. The van der Waals surface area contributed by atoms with Gasteiger partial charge < -0.3 is 11.1 Å². The van der Waals surface area contributed by atoms with Gasteiger partial charge in [0.15, 0.2) is 5.78 Å². The number of Topliss-reactive ketones (excluding diaryl/α,β-unsaturated/α-hetero) is 1. The number of nitrogen functional groups attached to an aromatic ring is 1. The number of nitrogens with one attached hydrogen (secondary N) is 1. The molecule has 0 unspecified atom stereocenters. The fourth-order valence-corrected chi connectivity index (χ4v) is 1.63. The largest absolute Gasteiger partial charge is 0.395 e. The van der Waals surface area contributed by atoms with Crippen molar-refractivity contribution in [3.8, 4) is 0 Å². The lowest BCUT2D eigenvalue weighted by Crippen LogP contribution is -2.39. The van der Waals surface area contributed by atoms with E-state index in [-0.39, 0.29) is 23.6 Å². The Labute approximate surface area is 109 Å². The number of hydrogen-bond acceptors (Lipinski definition) is 3. The molecule has 0 saturated carbocycles. The number of ketones is 1. The average Bonchev–Trinajstić information content (AvgIpc) is 2.20. The molecule has 0 saturated heterocycles.